The first-order valence-electron chi connectivity index (χ1n) is 9.79. The van der Waals surface area contributed by atoms with Crippen LogP contribution in [0.3, 0.4) is 0 Å². The molecule has 0 heterocycles. The molecule has 30 heavy (non-hydrogen) atoms. The number of hydrogen-bond donors (Lipinski definition) is 1. The Morgan fingerprint density at radius 2 is 1.63 bits per heavy atom. The molecule has 0 radical (unpaired) electrons. The summed E-state index contributed by atoms with van der Waals surface area (Å²) in [6, 6.07) is 11.9. The molecular formula is C23H27F2NO4. The lowest BCUT2D eigenvalue weighted by Gasteiger charge is -2.12. The molecule has 7 heteroatoms. The summed E-state index contributed by atoms with van der Waals surface area (Å²) < 4.78 is 34.1. The third-order valence-electron chi connectivity index (χ3n) is 4.43. The Morgan fingerprint density at radius 1 is 0.967 bits per heavy atom. The lowest BCUT2D eigenvalue weighted by molar-refractivity contribution is -0.121. The lowest BCUT2D eigenvalue weighted by atomic mass is 9.99. The van der Waals surface area contributed by atoms with Gasteiger partial charge in [-0.15, -0.1) is 0 Å². The highest BCUT2D eigenvalue weighted by molar-refractivity contribution is 5.97. The molecule has 0 saturated carbocycles. The molecule has 5 nitrogen and oxygen atoms in total. The zero-order chi connectivity index (χ0) is 22.1. The minimum absolute atomic E-state index is 0.0658. The van der Waals surface area contributed by atoms with Gasteiger partial charge in [0, 0.05) is 24.9 Å². The van der Waals surface area contributed by atoms with Crippen molar-refractivity contribution >= 4 is 11.7 Å². The Morgan fingerprint density at radius 3 is 2.23 bits per heavy atom. The van der Waals surface area contributed by atoms with E-state index < -0.39 is 6.61 Å². The van der Waals surface area contributed by atoms with Crippen LogP contribution in [0.5, 0.6) is 11.5 Å². The number of ketones is 1. The van der Waals surface area contributed by atoms with Gasteiger partial charge in [0.2, 0.25) is 5.91 Å². The van der Waals surface area contributed by atoms with Crippen molar-refractivity contribution in [3.8, 4) is 11.5 Å². The Kier molecular flexibility index (Phi) is 8.77. The van der Waals surface area contributed by atoms with E-state index in [1.165, 1.54) is 24.8 Å². The van der Waals surface area contributed by atoms with Crippen molar-refractivity contribution in [2.45, 2.75) is 46.3 Å². The molecule has 0 atom stereocenters. The molecule has 0 saturated heterocycles. The van der Waals surface area contributed by atoms with Gasteiger partial charge in [-0.2, -0.15) is 8.78 Å². The van der Waals surface area contributed by atoms with Crippen LogP contribution in [0.15, 0.2) is 42.5 Å². The van der Waals surface area contributed by atoms with Gasteiger partial charge in [-0.3, -0.25) is 9.59 Å². The van der Waals surface area contributed by atoms with E-state index in [9.17, 15) is 18.4 Å². The summed E-state index contributed by atoms with van der Waals surface area (Å²) >= 11 is 0. The van der Waals surface area contributed by atoms with Crippen LogP contribution >= 0.6 is 0 Å². The molecule has 0 spiro atoms. The molecule has 2 aromatic carbocycles. The van der Waals surface area contributed by atoms with Crippen LogP contribution in [-0.2, 0) is 17.8 Å². The highest BCUT2D eigenvalue weighted by atomic mass is 19.3. The maximum atomic E-state index is 12.4. The van der Waals surface area contributed by atoms with Crippen molar-refractivity contribution in [2.75, 3.05) is 7.11 Å². The van der Waals surface area contributed by atoms with Crippen LogP contribution < -0.4 is 14.8 Å². The highest BCUT2D eigenvalue weighted by Crippen LogP contribution is 2.29. The zero-order valence-corrected chi connectivity index (χ0v) is 17.4. The molecule has 0 fully saturated rings. The number of carbonyl (C=O) groups is 2. The van der Waals surface area contributed by atoms with Crippen molar-refractivity contribution in [1.82, 2.24) is 5.32 Å². The highest BCUT2D eigenvalue weighted by Gasteiger charge is 2.13. The summed E-state index contributed by atoms with van der Waals surface area (Å²) in [6.07, 6.45) is 1.13. The van der Waals surface area contributed by atoms with Crippen molar-refractivity contribution in [1.29, 1.82) is 0 Å². The van der Waals surface area contributed by atoms with Crippen LogP contribution in [0.1, 0.15) is 48.2 Å². The molecule has 1 amide bonds. The smallest absolute Gasteiger partial charge is 0.387 e. The van der Waals surface area contributed by atoms with E-state index in [1.807, 2.05) is 12.1 Å². The third kappa shape index (κ3) is 7.46. The number of alkyl halides is 2. The first-order chi connectivity index (χ1) is 14.3. The maximum absolute atomic E-state index is 12.4. The average Bonchev–Trinajstić information content (AvgIpc) is 2.71. The van der Waals surface area contributed by atoms with E-state index in [2.05, 4.69) is 23.9 Å². The lowest BCUT2D eigenvalue weighted by Crippen LogP contribution is -2.23. The van der Waals surface area contributed by atoms with E-state index in [4.69, 9.17) is 4.74 Å². The summed E-state index contributed by atoms with van der Waals surface area (Å²) in [5.41, 5.74) is 2.43. The topological polar surface area (TPSA) is 64.6 Å². The Hall–Kier alpha value is -2.96. The fourth-order valence-electron chi connectivity index (χ4n) is 2.97. The van der Waals surface area contributed by atoms with Gasteiger partial charge < -0.3 is 14.8 Å². The number of carbonyl (C=O) groups excluding carboxylic acids is 2. The minimum Gasteiger partial charge on any atom is -0.493 e. The predicted molar refractivity (Wildman–Crippen MR) is 110 cm³/mol. The summed E-state index contributed by atoms with van der Waals surface area (Å²) in [6.45, 7) is 1.51. The van der Waals surface area contributed by atoms with E-state index in [0.29, 0.717) is 17.0 Å². The Bertz CT molecular complexity index is 851. The van der Waals surface area contributed by atoms with E-state index in [-0.39, 0.29) is 42.6 Å². The van der Waals surface area contributed by atoms with Crippen molar-refractivity contribution < 1.29 is 27.8 Å². The molecule has 0 unspecified atom stereocenters. The second-order valence-electron chi connectivity index (χ2n) is 7.36. The van der Waals surface area contributed by atoms with Gasteiger partial charge in [-0.1, -0.05) is 44.2 Å². The van der Waals surface area contributed by atoms with E-state index in [1.54, 1.807) is 18.2 Å². The molecule has 0 bridgehead atoms. The first-order valence-corrected chi connectivity index (χ1v) is 9.79. The molecule has 162 valence electrons. The number of benzene rings is 2. The van der Waals surface area contributed by atoms with Gasteiger partial charge in [0.15, 0.2) is 17.3 Å². The van der Waals surface area contributed by atoms with Gasteiger partial charge >= 0.3 is 6.61 Å². The van der Waals surface area contributed by atoms with Gasteiger partial charge in [0.1, 0.15) is 0 Å². The largest absolute Gasteiger partial charge is 0.493 e. The third-order valence-corrected chi connectivity index (χ3v) is 4.43. The fraction of sp³-hybridized carbons (Fsp3) is 0.391. The zero-order valence-electron chi connectivity index (χ0n) is 17.4. The molecule has 1 N–H and O–H groups in total. The van der Waals surface area contributed by atoms with E-state index in [0.717, 1.165) is 6.42 Å². The fourth-order valence-corrected chi connectivity index (χ4v) is 2.97. The van der Waals surface area contributed by atoms with E-state index >= 15 is 0 Å². The Labute approximate surface area is 175 Å². The number of methoxy groups -OCH3 is 1. The molecule has 0 aromatic heterocycles. The van der Waals surface area contributed by atoms with Crippen LogP contribution in [0.25, 0.3) is 0 Å². The second kappa shape index (κ2) is 11.3. The van der Waals surface area contributed by atoms with Gasteiger partial charge in [0.05, 0.1) is 7.11 Å². The number of halogens is 2. The quantitative estimate of drug-likeness (QED) is 0.533. The van der Waals surface area contributed by atoms with Gasteiger partial charge in [0.25, 0.3) is 0 Å². The SMILES string of the molecule is COc1cc(CNC(=O)CCC(=O)c2ccc(CC(C)C)cc2)ccc1OC(F)F. The minimum atomic E-state index is -2.95. The van der Waals surface area contributed by atoms with Crippen LogP contribution in [0.4, 0.5) is 8.78 Å². The summed E-state index contributed by atoms with van der Waals surface area (Å²) in [5, 5.41) is 2.71. The molecule has 0 aliphatic rings. The second-order valence-corrected chi connectivity index (χ2v) is 7.36. The summed E-state index contributed by atoms with van der Waals surface area (Å²) in [7, 11) is 1.34. The molecule has 2 rings (SSSR count). The molecule has 2 aromatic rings. The van der Waals surface area contributed by atoms with Crippen molar-refractivity contribution in [3.05, 3.63) is 59.2 Å². The Balaban J connectivity index is 1.82. The molecular weight excluding hydrogens is 392 g/mol. The number of amides is 1. The van der Waals surface area contributed by atoms with Gasteiger partial charge in [-0.25, -0.2) is 0 Å². The predicted octanol–water partition coefficient (Wildman–Crippen LogP) is 4.77. The van der Waals surface area contributed by atoms with Crippen molar-refractivity contribution in [3.63, 3.8) is 0 Å². The summed E-state index contributed by atoms with van der Waals surface area (Å²) in [5.74, 6) is 0.261. The number of nitrogens with one attached hydrogen (secondary N) is 1. The molecule has 0 aliphatic heterocycles. The number of rotatable bonds is 11. The first kappa shape index (κ1) is 23.3. The standard InChI is InChI=1S/C23H27F2NO4/c1-15(2)12-16-4-7-18(8-5-16)19(27)9-11-22(28)26-14-17-6-10-20(30-23(24)25)21(13-17)29-3/h4-8,10,13,15,23H,9,11-12,14H2,1-3H3,(H,26,28). The number of hydrogen-bond acceptors (Lipinski definition) is 4. The van der Waals surface area contributed by atoms with Gasteiger partial charge in [-0.05, 0) is 35.6 Å². The van der Waals surface area contributed by atoms with Crippen molar-refractivity contribution in [2.24, 2.45) is 5.92 Å². The average molecular weight is 419 g/mol. The normalized spacial score (nSPS) is 10.9. The number of ether oxygens (including phenoxy) is 2. The van der Waals surface area contributed by atoms with Crippen LogP contribution in [0, 0.1) is 5.92 Å². The van der Waals surface area contributed by atoms with Crippen LogP contribution in [-0.4, -0.2) is 25.4 Å². The summed E-state index contributed by atoms with van der Waals surface area (Å²) in [4.78, 5) is 24.4. The number of Topliss-reactive ketones (excluding diaryl/α,β-unsaturated/α-hetero) is 1. The van der Waals surface area contributed by atoms with Crippen LogP contribution in [0.2, 0.25) is 0 Å². The molecule has 0 aliphatic carbocycles. The monoisotopic (exact) mass is 419 g/mol. The maximum Gasteiger partial charge on any atom is 0.387 e.